The van der Waals surface area contributed by atoms with E-state index in [1.807, 2.05) is 13.0 Å². The molecule has 0 unspecified atom stereocenters. The molecular weight excluding hydrogens is 296 g/mol. The average molecular weight is 318 g/mol. The molecule has 0 atom stereocenters. The van der Waals surface area contributed by atoms with Gasteiger partial charge in [0.15, 0.2) is 0 Å². The standard InChI is InChI=1S/C17H22N2O2S/c1-11-14(15-13(22-11)9-10-19(2)17(15)21)16(20)18-12-7-5-3-4-6-8-12/h9-10,12H,3-8H2,1-2H3,(H,18,20). The Labute approximate surface area is 134 Å². The molecule has 1 aliphatic carbocycles. The topological polar surface area (TPSA) is 51.1 Å². The lowest BCUT2D eigenvalue weighted by atomic mass is 10.1. The van der Waals surface area contributed by atoms with E-state index in [-0.39, 0.29) is 17.5 Å². The molecule has 2 heterocycles. The Kier molecular flexibility index (Phi) is 4.34. The van der Waals surface area contributed by atoms with Crippen molar-refractivity contribution in [2.75, 3.05) is 0 Å². The summed E-state index contributed by atoms with van der Waals surface area (Å²) in [6.07, 6.45) is 8.72. The van der Waals surface area contributed by atoms with Gasteiger partial charge in [-0.25, -0.2) is 0 Å². The van der Waals surface area contributed by atoms with Crippen molar-refractivity contribution < 1.29 is 4.79 Å². The van der Waals surface area contributed by atoms with Crippen molar-refractivity contribution in [2.45, 2.75) is 51.5 Å². The van der Waals surface area contributed by atoms with E-state index in [1.54, 1.807) is 13.2 Å². The number of hydrogen-bond acceptors (Lipinski definition) is 3. The molecule has 0 spiro atoms. The second-order valence-electron chi connectivity index (χ2n) is 6.17. The van der Waals surface area contributed by atoms with Crippen LogP contribution in [0.1, 0.15) is 53.8 Å². The first-order valence-corrected chi connectivity index (χ1v) is 8.79. The van der Waals surface area contributed by atoms with E-state index in [2.05, 4.69) is 5.32 Å². The number of carbonyl (C=O) groups excluding carboxylic acids is 1. The number of nitrogens with zero attached hydrogens (tertiary/aromatic N) is 1. The van der Waals surface area contributed by atoms with Crippen LogP contribution in [0.3, 0.4) is 0 Å². The van der Waals surface area contributed by atoms with Gasteiger partial charge < -0.3 is 9.88 Å². The number of carbonyl (C=O) groups is 1. The third-order valence-electron chi connectivity index (χ3n) is 4.51. The predicted molar refractivity (Wildman–Crippen MR) is 90.8 cm³/mol. The monoisotopic (exact) mass is 318 g/mol. The Bertz CT molecular complexity index is 752. The minimum Gasteiger partial charge on any atom is -0.349 e. The predicted octanol–water partition coefficient (Wildman–Crippen LogP) is 3.36. The summed E-state index contributed by atoms with van der Waals surface area (Å²) in [5.41, 5.74) is 0.485. The fourth-order valence-corrected chi connectivity index (χ4v) is 4.32. The van der Waals surface area contributed by atoms with E-state index >= 15 is 0 Å². The number of hydrogen-bond donors (Lipinski definition) is 1. The van der Waals surface area contributed by atoms with Gasteiger partial charge in [0.05, 0.1) is 10.9 Å². The van der Waals surface area contributed by atoms with E-state index in [4.69, 9.17) is 0 Å². The summed E-state index contributed by atoms with van der Waals surface area (Å²) >= 11 is 1.52. The van der Waals surface area contributed by atoms with Gasteiger partial charge in [0, 0.05) is 28.9 Å². The van der Waals surface area contributed by atoms with Crippen molar-refractivity contribution in [3.63, 3.8) is 0 Å². The van der Waals surface area contributed by atoms with Crippen LogP contribution in [-0.2, 0) is 7.05 Å². The summed E-state index contributed by atoms with van der Waals surface area (Å²) in [7, 11) is 1.72. The molecule has 5 heteroatoms. The Morgan fingerprint density at radius 3 is 2.64 bits per heavy atom. The Hall–Kier alpha value is -1.62. The first kappa shape index (κ1) is 15.3. The third-order valence-corrected chi connectivity index (χ3v) is 5.58. The SMILES string of the molecule is Cc1sc2ccn(C)c(=O)c2c1C(=O)NC1CCCCCC1. The smallest absolute Gasteiger partial charge is 0.259 e. The lowest BCUT2D eigenvalue weighted by Crippen LogP contribution is -2.35. The van der Waals surface area contributed by atoms with Crippen molar-refractivity contribution in [1.82, 2.24) is 9.88 Å². The highest BCUT2D eigenvalue weighted by Gasteiger charge is 2.22. The number of nitrogens with one attached hydrogen (secondary N) is 1. The second kappa shape index (κ2) is 6.24. The van der Waals surface area contributed by atoms with Gasteiger partial charge in [-0.2, -0.15) is 0 Å². The summed E-state index contributed by atoms with van der Waals surface area (Å²) in [6.45, 7) is 1.92. The minimum absolute atomic E-state index is 0.0843. The molecule has 1 fully saturated rings. The molecule has 0 radical (unpaired) electrons. The van der Waals surface area contributed by atoms with E-state index in [9.17, 15) is 9.59 Å². The molecule has 0 aromatic carbocycles. The quantitative estimate of drug-likeness (QED) is 0.863. The maximum absolute atomic E-state index is 12.7. The van der Waals surface area contributed by atoms with Crippen LogP contribution in [-0.4, -0.2) is 16.5 Å². The molecule has 1 amide bonds. The number of aromatic nitrogens is 1. The average Bonchev–Trinajstić information content (AvgIpc) is 2.65. The van der Waals surface area contributed by atoms with E-state index in [1.165, 1.54) is 41.6 Å². The van der Waals surface area contributed by atoms with Gasteiger partial charge in [-0.05, 0) is 25.8 Å². The first-order chi connectivity index (χ1) is 10.6. The lowest BCUT2D eigenvalue weighted by Gasteiger charge is -2.16. The van der Waals surface area contributed by atoms with Crippen LogP contribution in [0.15, 0.2) is 17.1 Å². The van der Waals surface area contributed by atoms with Crippen molar-refractivity contribution in [1.29, 1.82) is 0 Å². The number of amides is 1. The highest BCUT2D eigenvalue weighted by molar-refractivity contribution is 7.19. The van der Waals surface area contributed by atoms with Crippen LogP contribution in [0.2, 0.25) is 0 Å². The maximum Gasteiger partial charge on any atom is 0.259 e. The van der Waals surface area contributed by atoms with Crippen molar-refractivity contribution in [3.8, 4) is 0 Å². The van der Waals surface area contributed by atoms with Gasteiger partial charge in [0.25, 0.3) is 11.5 Å². The van der Waals surface area contributed by atoms with Crippen molar-refractivity contribution in [2.24, 2.45) is 7.05 Å². The van der Waals surface area contributed by atoms with Crippen LogP contribution >= 0.6 is 11.3 Å². The van der Waals surface area contributed by atoms with Gasteiger partial charge in [0.2, 0.25) is 0 Å². The number of aryl methyl sites for hydroxylation is 2. The molecule has 0 bridgehead atoms. The number of rotatable bonds is 2. The van der Waals surface area contributed by atoms with Crippen LogP contribution in [0.25, 0.3) is 10.1 Å². The van der Waals surface area contributed by atoms with Gasteiger partial charge in [-0.1, -0.05) is 25.7 Å². The van der Waals surface area contributed by atoms with E-state index < -0.39 is 0 Å². The molecule has 1 aliphatic rings. The number of pyridine rings is 1. The summed E-state index contributed by atoms with van der Waals surface area (Å²) in [6, 6.07) is 2.16. The molecule has 118 valence electrons. The fraction of sp³-hybridized carbons (Fsp3) is 0.529. The zero-order chi connectivity index (χ0) is 15.7. The van der Waals surface area contributed by atoms with Gasteiger partial charge in [0.1, 0.15) is 0 Å². The molecule has 2 aromatic heterocycles. The summed E-state index contributed by atoms with van der Waals surface area (Å²) < 4.78 is 2.43. The second-order valence-corrected chi connectivity index (χ2v) is 7.42. The molecule has 22 heavy (non-hydrogen) atoms. The molecule has 0 saturated heterocycles. The largest absolute Gasteiger partial charge is 0.349 e. The molecule has 4 nitrogen and oxygen atoms in total. The molecule has 1 N–H and O–H groups in total. The van der Waals surface area contributed by atoms with Gasteiger partial charge in [-0.3, -0.25) is 9.59 Å². The summed E-state index contributed by atoms with van der Waals surface area (Å²) in [5.74, 6) is -0.0843. The van der Waals surface area contributed by atoms with Crippen LogP contribution in [0.5, 0.6) is 0 Å². The Balaban J connectivity index is 1.95. The van der Waals surface area contributed by atoms with Gasteiger partial charge in [-0.15, -0.1) is 11.3 Å². The molecule has 3 rings (SSSR count). The van der Waals surface area contributed by atoms with Crippen molar-refractivity contribution in [3.05, 3.63) is 33.1 Å². The minimum atomic E-state index is -0.0899. The molecular formula is C17H22N2O2S. The zero-order valence-electron chi connectivity index (χ0n) is 13.1. The Morgan fingerprint density at radius 1 is 1.27 bits per heavy atom. The van der Waals surface area contributed by atoms with Crippen LogP contribution in [0.4, 0.5) is 0 Å². The van der Waals surface area contributed by atoms with Crippen LogP contribution in [0, 0.1) is 6.92 Å². The maximum atomic E-state index is 12.7. The fourth-order valence-electron chi connectivity index (χ4n) is 3.27. The molecule has 0 aliphatic heterocycles. The number of thiophene rings is 1. The number of fused-ring (bicyclic) bond motifs is 1. The first-order valence-electron chi connectivity index (χ1n) is 7.97. The summed E-state index contributed by atoms with van der Waals surface area (Å²) in [5, 5.41) is 3.73. The van der Waals surface area contributed by atoms with Gasteiger partial charge >= 0.3 is 0 Å². The third kappa shape index (κ3) is 2.82. The van der Waals surface area contributed by atoms with E-state index in [0.29, 0.717) is 10.9 Å². The summed E-state index contributed by atoms with van der Waals surface area (Å²) in [4.78, 5) is 26.1. The molecule has 1 saturated carbocycles. The lowest BCUT2D eigenvalue weighted by molar-refractivity contribution is 0.0935. The van der Waals surface area contributed by atoms with Crippen molar-refractivity contribution >= 4 is 27.3 Å². The Morgan fingerprint density at radius 2 is 1.95 bits per heavy atom. The normalized spacial score (nSPS) is 16.6. The van der Waals surface area contributed by atoms with E-state index in [0.717, 1.165) is 22.4 Å². The van der Waals surface area contributed by atoms with Crippen LogP contribution < -0.4 is 10.9 Å². The highest BCUT2D eigenvalue weighted by atomic mass is 32.1. The zero-order valence-corrected chi connectivity index (χ0v) is 14.0. The highest BCUT2D eigenvalue weighted by Crippen LogP contribution is 2.28. The molecule has 2 aromatic rings.